The first kappa shape index (κ1) is 21.6. The minimum atomic E-state index is -3.66. The maximum Gasteiger partial charge on any atom is 0.264 e. The summed E-state index contributed by atoms with van der Waals surface area (Å²) < 4.78 is 26.9. The second kappa shape index (κ2) is 8.85. The number of carbonyl (C=O) groups excluding carboxylic acids is 1. The molecule has 6 heteroatoms. The third kappa shape index (κ3) is 4.22. The second-order valence-electron chi connectivity index (χ2n) is 7.63. The lowest BCUT2D eigenvalue weighted by Gasteiger charge is -2.21. The van der Waals surface area contributed by atoms with Gasteiger partial charge >= 0.3 is 0 Å². The average molecular weight is 445 g/mol. The highest BCUT2D eigenvalue weighted by Gasteiger charge is 2.21. The van der Waals surface area contributed by atoms with Crippen molar-refractivity contribution < 1.29 is 13.2 Å². The molecule has 5 nitrogen and oxygen atoms in total. The molecule has 4 aromatic rings. The van der Waals surface area contributed by atoms with Crippen molar-refractivity contribution in [3.05, 3.63) is 108 Å². The number of fused-ring (bicyclic) bond motifs is 1. The molecule has 0 saturated carbocycles. The van der Waals surface area contributed by atoms with Gasteiger partial charge < -0.3 is 4.90 Å². The van der Waals surface area contributed by atoms with Crippen molar-refractivity contribution in [2.24, 2.45) is 0 Å². The topological polar surface area (TPSA) is 57.7 Å². The predicted octanol–water partition coefficient (Wildman–Crippen LogP) is 4.94. The highest BCUT2D eigenvalue weighted by Crippen LogP contribution is 2.24. The average Bonchev–Trinajstić information content (AvgIpc) is 2.84. The molecule has 0 aliphatic carbocycles. The Morgan fingerprint density at radius 2 is 1.38 bits per heavy atom. The molecule has 0 aliphatic rings. The zero-order chi connectivity index (χ0) is 22.7. The van der Waals surface area contributed by atoms with Crippen LogP contribution < -0.4 is 4.31 Å². The van der Waals surface area contributed by atoms with E-state index in [9.17, 15) is 13.2 Å². The smallest absolute Gasteiger partial charge is 0.264 e. The molecular weight excluding hydrogens is 420 g/mol. The van der Waals surface area contributed by atoms with Gasteiger partial charge in [-0.15, -0.1) is 0 Å². The van der Waals surface area contributed by atoms with Crippen molar-refractivity contribution in [2.75, 3.05) is 18.4 Å². The number of hydrogen-bond donors (Lipinski definition) is 0. The minimum absolute atomic E-state index is 0.127. The van der Waals surface area contributed by atoms with Crippen LogP contribution in [0.15, 0.2) is 102 Å². The van der Waals surface area contributed by atoms with E-state index in [1.807, 2.05) is 24.3 Å². The summed E-state index contributed by atoms with van der Waals surface area (Å²) in [5, 5.41) is 2.26. The van der Waals surface area contributed by atoms with Crippen LogP contribution >= 0.6 is 0 Å². The van der Waals surface area contributed by atoms with E-state index < -0.39 is 10.0 Å². The van der Waals surface area contributed by atoms with E-state index in [1.165, 1.54) is 11.4 Å². The fourth-order valence-electron chi connectivity index (χ4n) is 3.68. The van der Waals surface area contributed by atoms with Gasteiger partial charge in [0.1, 0.15) is 0 Å². The fourth-order valence-corrected chi connectivity index (χ4v) is 4.90. The first-order valence-corrected chi connectivity index (χ1v) is 11.7. The maximum atomic E-state index is 13.0. The summed E-state index contributed by atoms with van der Waals surface area (Å²) in [6, 6.07) is 29.1. The monoisotopic (exact) mass is 444 g/mol. The van der Waals surface area contributed by atoms with Gasteiger partial charge in [0.25, 0.3) is 15.9 Å². The Morgan fingerprint density at radius 3 is 2.09 bits per heavy atom. The molecule has 0 saturated heterocycles. The van der Waals surface area contributed by atoms with Crippen molar-refractivity contribution in [1.82, 2.24) is 4.90 Å². The Labute approximate surface area is 188 Å². The minimum Gasteiger partial charge on any atom is -0.337 e. The lowest BCUT2D eigenvalue weighted by Crippen LogP contribution is -2.27. The summed E-state index contributed by atoms with van der Waals surface area (Å²) in [7, 11) is -0.391. The highest BCUT2D eigenvalue weighted by atomic mass is 32.2. The number of amides is 1. The first-order valence-electron chi connectivity index (χ1n) is 10.2. The van der Waals surface area contributed by atoms with Gasteiger partial charge in [-0.3, -0.25) is 9.10 Å². The number of carbonyl (C=O) groups is 1. The van der Waals surface area contributed by atoms with Gasteiger partial charge in [0, 0.05) is 26.2 Å². The van der Waals surface area contributed by atoms with Gasteiger partial charge in [0.15, 0.2) is 0 Å². The molecule has 0 unspecified atom stereocenters. The van der Waals surface area contributed by atoms with E-state index >= 15 is 0 Å². The van der Waals surface area contributed by atoms with E-state index in [-0.39, 0.29) is 10.8 Å². The Kier molecular flexibility index (Phi) is 5.97. The third-order valence-electron chi connectivity index (χ3n) is 5.51. The number of nitrogens with zero attached hydrogens (tertiary/aromatic N) is 2. The Morgan fingerprint density at radius 1 is 0.750 bits per heavy atom. The van der Waals surface area contributed by atoms with Crippen molar-refractivity contribution in [3.63, 3.8) is 0 Å². The van der Waals surface area contributed by atoms with Gasteiger partial charge in [0.2, 0.25) is 0 Å². The van der Waals surface area contributed by atoms with Crippen molar-refractivity contribution in [1.29, 1.82) is 0 Å². The van der Waals surface area contributed by atoms with Gasteiger partial charge in [-0.05, 0) is 52.7 Å². The molecule has 0 N–H and O–H groups in total. The molecular formula is C26H24N2O3S. The molecule has 4 aromatic carbocycles. The molecule has 0 radical (unpaired) electrons. The fraction of sp³-hybridized carbons (Fsp3) is 0.115. The SMILES string of the molecule is CN(Cc1cccc2ccccc12)C(=O)c1ccc(N(C)S(=O)(=O)c2ccccc2)cc1. The number of benzene rings is 4. The Bertz CT molecular complexity index is 1350. The number of rotatable bonds is 6. The van der Waals surface area contributed by atoms with Crippen molar-refractivity contribution in [2.45, 2.75) is 11.4 Å². The number of anilines is 1. The Hall–Kier alpha value is -3.64. The standard InChI is InChI=1S/C26H24N2O3S/c1-27(19-22-11-8-10-20-9-6-7-14-25(20)22)26(29)21-15-17-23(18-16-21)28(2)32(30,31)24-12-4-3-5-13-24/h3-18H,19H2,1-2H3. The molecule has 162 valence electrons. The molecule has 1 amide bonds. The molecule has 0 fully saturated rings. The second-order valence-corrected chi connectivity index (χ2v) is 9.60. The predicted molar refractivity (Wildman–Crippen MR) is 128 cm³/mol. The van der Waals surface area contributed by atoms with Crippen LogP contribution in [0.1, 0.15) is 15.9 Å². The van der Waals surface area contributed by atoms with Gasteiger partial charge in [-0.25, -0.2) is 8.42 Å². The highest BCUT2D eigenvalue weighted by molar-refractivity contribution is 7.92. The van der Waals surface area contributed by atoms with E-state index in [0.29, 0.717) is 17.8 Å². The quantitative estimate of drug-likeness (QED) is 0.423. The van der Waals surface area contributed by atoms with Gasteiger partial charge in [0.05, 0.1) is 10.6 Å². The van der Waals surface area contributed by atoms with Crippen LogP contribution in [0.25, 0.3) is 10.8 Å². The lowest BCUT2D eigenvalue weighted by atomic mass is 10.0. The summed E-state index contributed by atoms with van der Waals surface area (Å²) in [6.07, 6.45) is 0. The summed E-state index contributed by atoms with van der Waals surface area (Å²) in [5.41, 5.74) is 2.06. The van der Waals surface area contributed by atoms with Crippen LogP contribution in [0.2, 0.25) is 0 Å². The molecule has 0 spiro atoms. The molecule has 32 heavy (non-hydrogen) atoms. The van der Waals surface area contributed by atoms with Crippen LogP contribution in [0, 0.1) is 0 Å². The molecule has 0 aromatic heterocycles. The van der Waals surface area contributed by atoms with Crippen LogP contribution in [0.5, 0.6) is 0 Å². The summed E-state index contributed by atoms with van der Waals surface area (Å²) in [6.45, 7) is 0.476. The summed E-state index contributed by atoms with van der Waals surface area (Å²) in [4.78, 5) is 14.9. The number of sulfonamides is 1. The van der Waals surface area contributed by atoms with Crippen molar-refractivity contribution >= 4 is 32.4 Å². The third-order valence-corrected chi connectivity index (χ3v) is 7.31. The summed E-state index contributed by atoms with van der Waals surface area (Å²) >= 11 is 0. The van der Waals surface area contributed by atoms with E-state index in [2.05, 4.69) is 18.2 Å². The molecule has 4 rings (SSSR count). The Balaban J connectivity index is 1.51. The molecule has 0 atom stereocenters. The van der Waals surface area contributed by atoms with Crippen molar-refractivity contribution in [3.8, 4) is 0 Å². The van der Waals surface area contributed by atoms with Gasteiger partial charge in [-0.2, -0.15) is 0 Å². The molecule has 0 heterocycles. The summed E-state index contributed by atoms with van der Waals surface area (Å²) in [5.74, 6) is -0.127. The zero-order valence-electron chi connectivity index (χ0n) is 18.0. The maximum absolute atomic E-state index is 13.0. The molecule has 0 bridgehead atoms. The zero-order valence-corrected chi connectivity index (χ0v) is 18.8. The lowest BCUT2D eigenvalue weighted by molar-refractivity contribution is 0.0785. The van der Waals surface area contributed by atoms with Crippen LogP contribution in [0.4, 0.5) is 5.69 Å². The van der Waals surface area contributed by atoms with Crippen LogP contribution in [-0.2, 0) is 16.6 Å². The van der Waals surface area contributed by atoms with E-state index in [0.717, 1.165) is 16.3 Å². The molecule has 0 aliphatic heterocycles. The van der Waals surface area contributed by atoms with Crippen LogP contribution in [-0.4, -0.2) is 33.3 Å². The van der Waals surface area contributed by atoms with E-state index in [4.69, 9.17) is 0 Å². The normalized spacial score (nSPS) is 11.3. The van der Waals surface area contributed by atoms with Crippen LogP contribution in [0.3, 0.4) is 0 Å². The van der Waals surface area contributed by atoms with E-state index in [1.54, 1.807) is 66.5 Å². The first-order chi connectivity index (χ1) is 15.4. The van der Waals surface area contributed by atoms with Gasteiger partial charge in [-0.1, -0.05) is 60.7 Å². The number of hydrogen-bond acceptors (Lipinski definition) is 3. The largest absolute Gasteiger partial charge is 0.337 e.